The van der Waals surface area contributed by atoms with Crippen LogP contribution in [-0.2, 0) is 22.5 Å². The summed E-state index contributed by atoms with van der Waals surface area (Å²) in [5.41, 5.74) is 1.48. The maximum absolute atomic E-state index is 14.2. The monoisotopic (exact) mass is 374 g/mol. The molecule has 7 heteroatoms. The van der Waals surface area contributed by atoms with Crippen LogP contribution >= 0.6 is 0 Å². The van der Waals surface area contributed by atoms with E-state index in [1.54, 1.807) is 0 Å². The van der Waals surface area contributed by atoms with Crippen molar-refractivity contribution in [3.8, 4) is 11.5 Å². The molecule has 1 aliphatic heterocycles. The molecular formula is C18H22F4O2Si. The number of hydrogen-bond donors (Lipinski definition) is 0. The molecule has 1 aromatic rings. The minimum Gasteiger partial charge on any atom is -0.353 e. The molecule has 0 spiro atoms. The van der Waals surface area contributed by atoms with Crippen molar-refractivity contribution in [2.75, 3.05) is 6.61 Å². The fourth-order valence-electron chi connectivity index (χ4n) is 2.42. The Morgan fingerprint density at radius 1 is 1.00 bits per heavy atom. The summed E-state index contributed by atoms with van der Waals surface area (Å²) >= 11 is 0. The van der Waals surface area contributed by atoms with Crippen molar-refractivity contribution >= 4 is 8.07 Å². The van der Waals surface area contributed by atoms with Crippen molar-refractivity contribution in [2.24, 2.45) is 0 Å². The van der Waals surface area contributed by atoms with Crippen molar-refractivity contribution in [3.05, 3.63) is 34.4 Å². The Bertz CT molecular complexity index is 654. The lowest BCUT2D eigenvalue weighted by Gasteiger charge is -2.23. The maximum Gasteiger partial charge on any atom is 0.167 e. The van der Waals surface area contributed by atoms with Crippen LogP contribution < -0.4 is 0 Å². The van der Waals surface area contributed by atoms with Gasteiger partial charge in [-0.1, -0.05) is 19.6 Å². The summed E-state index contributed by atoms with van der Waals surface area (Å²) in [5.74, 6) is -3.05. The topological polar surface area (TPSA) is 18.5 Å². The lowest BCUT2D eigenvalue weighted by molar-refractivity contribution is -0.169. The van der Waals surface area contributed by atoms with E-state index in [1.165, 1.54) is 0 Å². The minimum absolute atomic E-state index is 0.372. The number of ether oxygens (including phenoxy) is 2. The van der Waals surface area contributed by atoms with Crippen LogP contribution in [0.15, 0.2) is 0 Å². The molecule has 0 radical (unpaired) electrons. The first-order valence-electron chi connectivity index (χ1n) is 8.27. The average molecular weight is 374 g/mol. The smallest absolute Gasteiger partial charge is 0.167 e. The summed E-state index contributed by atoms with van der Waals surface area (Å²) in [4.78, 5) is 0. The van der Waals surface area contributed by atoms with Gasteiger partial charge in [-0.3, -0.25) is 0 Å². The van der Waals surface area contributed by atoms with Crippen LogP contribution in [0.5, 0.6) is 0 Å². The molecule has 1 fully saturated rings. The lowest BCUT2D eigenvalue weighted by atomic mass is 10.1. The number of rotatable bonds is 4. The van der Waals surface area contributed by atoms with Crippen molar-refractivity contribution in [1.29, 1.82) is 0 Å². The standard InChI is InChI=1S/C18H22F4O2Si/c1-25(2,3)10-6-7-12-15(19)17(21)13(18(22)16(12)20)11-24-14-8-4-5-9-23-14/h14H,4-5,7-9,11H2,1-3H3. The molecule has 1 saturated heterocycles. The lowest BCUT2D eigenvalue weighted by Crippen LogP contribution is -2.23. The highest BCUT2D eigenvalue weighted by molar-refractivity contribution is 6.83. The van der Waals surface area contributed by atoms with E-state index in [0.717, 1.165) is 12.8 Å². The van der Waals surface area contributed by atoms with E-state index < -0.39 is 55.4 Å². The van der Waals surface area contributed by atoms with E-state index in [2.05, 4.69) is 11.5 Å². The molecule has 1 aromatic carbocycles. The third kappa shape index (κ3) is 5.30. The van der Waals surface area contributed by atoms with Gasteiger partial charge in [-0.2, -0.15) is 0 Å². The van der Waals surface area contributed by atoms with Gasteiger partial charge in [0.15, 0.2) is 29.6 Å². The highest BCUT2D eigenvalue weighted by Crippen LogP contribution is 2.26. The molecule has 0 saturated carbocycles. The summed E-state index contributed by atoms with van der Waals surface area (Å²) in [6, 6.07) is 0. The van der Waals surface area contributed by atoms with Gasteiger partial charge in [-0.05, 0) is 19.3 Å². The van der Waals surface area contributed by atoms with Gasteiger partial charge in [-0.15, -0.1) is 11.5 Å². The molecule has 1 unspecified atom stereocenters. The second kappa shape index (κ2) is 8.34. The second-order valence-electron chi connectivity index (χ2n) is 7.05. The van der Waals surface area contributed by atoms with Gasteiger partial charge in [-0.25, -0.2) is 17.6 Å². The van der Waals surface area contributed by atoms with Gasteiger partial charge in [0, 0.05) is 18.6 Å². The molecule has 0 N–H and O–H groups in total. The van der Waals surface area contributed by atoms with Crippen LogP contribution in [-0.4, -0.2) is 21.0 Å². The molecule has 0 aliphatic carbocycles. The number of hydrogen-bond acceptors (Lipinski definition) is 2. The van der Waals surface area contributed by atoms with Crippen LogP contribution in [0.25, 0.3) is 0 Å². The molecule has 2 rings (SSSR count). The highest BCUT2D eigenvalue weighted by Gasteiger charge is 2.26. The molecule has 25 heavy (non-hydrogen) atoms. The number of halogens is 4. The van der Waals surface area contributed by atoms with Crippen molar-refractivity contribution in [1.82, 2.24) is 0 Å². The summed E-state index contributed by atoms with van der Waals surface area (Å²) in [5, 5.41) is 0. The third-order valence-corrected chi connectivity index (χ3v) is 4.65. The Balaban J connectivity index is 2.20. The van der Waals surface area contributed by atoms with Crippen LogP contribution in [0, 0.1) is 34.7 Å². The van der Waals surface area contributed by atoms with Crippen LogP contribution in [0.4, 0.5) is 17.6 Å². The normalized spacial score (nSPS) is 18.0. The summed E-state index contributed by atoms with van der Waals surface area (Å²) in [7, 11) is -1.74. The summed E-state index contributed by atoms with van der Waals surface area (Å²) in [6.07, 6.45) is 1.36. The molecule has 1 atom stereocenters. The molecular weight excluding hydrogens is 352 g/mol. The van der Waals surface area contributed by atoms with E-state index in [0.29, 0.717) is 13.0 Å². The predicted octanol–water partition coefficient (Wildman–Crippen LogP) is 4.71. The van der Waals surface area contributed by atoms with Gasteiger partial charge in [0.1, 0.15) is 8.07 Å². The quantitative estimate of drug-likeness (QED) is 0.329. The Morgan fingerprint density at radius 2 is 1.60 bits per heavy atom. The highest BCUT2D eigenvalue weighted by atomic mass is 28.3. The van der Waals surface area contributed by atoms with E-state index in [4.69, 9.17) is 9.47 Å². The second-order valence-corrected chi connectivity index (χ2v) is 11.8. The van der Waals surface area contributed by atoms with Crippen LogP contribution in [0.3, 0.4) is 0 Å². The van der Waals surface area contributed by atoms with Gasteiger partial charge in [0.05, 0.1) is 12.2 Å². The first-order chi connectivity index (χ1) is 11.7. The van der Waals surface area contributed by atoms with E-state index in [-0.39, 0.29) is 6.42 Å². The summed E-state index contributed by atoms with van der Waals surface area (Å²) in [6.45, 7) is 5.79. The SMILES string of the molecule is C[Si](C)(C)C#CCc1c(F)c(F)c(COC2CCCCO2)c(F)c1F. The molecule has 1 aliphatic rings. The van der Waals surface area contributed by atoms with Gasteiger partial charge >= 0.3 is 0 Å². The van der Waals surface area contributed by atoms with Crippen LogP contribution in [0.2, 0.25) is 19.6 Å². The molecule has 1 heterocycles. The molecule has 2 nitrogen and oxygen atoms in total. The van der Waals surface area contributed by atoms with Gasteiger partial charge < -0.3 is 9.47 Å². The largest absolute Gasteiger partial charge is 0.353 e. The fourth-order valence-corrected chi connectivity index (χ4v) is 3.04. The summed E-state index contributed by atoms with van der Waals surface area (Å²) < 4.78 is 67.2. The van der Waals surface area contributed by atoms with Crippen molar-refractivity contribution in [2.45, 2.75) is 58.2 Å². The maximum atomic E-state index is 14.2. The average Bonchev–Trinajstić information content (AvgIpc) is 2.56. The fraction of sp³-hybridized carbons (Fsp3) is 0.556. The predicted molar refractivity (Wildman–Crippen MR) is 89.5 cm³/mol. The minimum atomic E-state index is -1.74. The van der Waals surface area contributed by atoms with Crippen molar-refractivity contribution < 1.29 is 27.0 Å². The third-order valence-electron chi connectivity index (χ3n) is 3.73. The first kappa shape index (κ1) is 20.0. The molecule has 0 amide bonds. The van der Waals surface area contributed by atoms with E-state index in [9.17, 15) is 17.6 Å². The zero-order valence-electron chi connectivity index (χ0n) is 14.6. The Morgan fingerprint density at radius 3 is 2.12 bits per heavy atom. The molecule has 0 aromatic heterocycles. The van der Waals surface area contributed by atoms with E-state index >= 15 is 0 Å². The zero-order chi connectivity index (χ0) is 18.6. The Kier molecular flexibility index (Phi) is 6.66. The zero-order valence-corrected chi connectivity index (χ0v) is 15.6. The van der Waals surface area contributed by atoms with Crippen LogP contribution in [0.1, 0.15) is 30.4 Å². The Labute approximate surface area is 146 Å². The first-order valence-corrected chi connectivity index (χ1v) is 11.8. The Hall–Kier alpha value is -1.36. The molecule has 0 bridgehead atoms. The van der Waals surface area contributed by atoms with Gasteiger partial charge in [0.25, 0.3) is 0 Å². The van der Waals surface area contributed by atoms with Crippen molar-refractivity contribution in [3.63, 3.8) is 0 Å². The molecule has 138 valence electrons. The van der Waals surface area contributed by atoms with E-state index in [1.807, 2.05) is 19.6 Å². The van der Waals surface area contributed by atoms with Gasteiger partial charge in [0.2, 0.25) is 0 Å². The number of benzene rings is 1.